The van der Waals surface area contributed by atoms with E-state index in [2.05, 4.69) is 15.1 Å². The molecule has 2 saturated carbocycles. The maximum Gasteiger partial charge on any atom is 0.276 e. The standard InChI is InChI=1S/C20H19N3O2/c1-2-4-15(5-3-1)19-22-20(25-23-19)17-10-18(24-12-13-6-7-13)16(11-21-17)14-8-9-14/h1-5,10-11,13-14H,6-9,12H2. The summed E-state index contributed by atoms with van der Waals surface area (Å²) in [5.41, 5.74) is 2.81. The molecular formula is C20H19N3O2. The summed E-state index contributed by atoms with van der Waals surface area (Å²) in [5, 5.41) is 4.08. The number of benzene rings is 1. The van der Waals surface area contributed by atoms with Crippen LogP contribution in [0.4, 0.5) is 0 Å². The van der Waals surface area contributed by atoms with Crippen molar-refractivity contribution in [2.45, 2.75) is 31.6 Å². The van der Waals surface area contributed by atoms with Crippen LogP contribution in [0.25, 0.3) is 23.0 Å². The van der Waals surface area contributed by atoms with Crippen LogP contribution >= 0.6 is 0 Å². The third kappa shape index (κ3) is 3.14. The van der Waals surface area contributed by atoms with Gasteiger partial charge in [0.1, 0.15) is 11.4 Å². The van der Waals surface area contributed by atoms with E-state index in [-0.39, 0.29) is 0 Å². The van der Waals surface area contributed by atoms with Gasteiger partial charge in [0.15, 0.2) is 0 Å². The van der Waals surface area contributed by atoms with Crippen LogP contribution in [-0.4, -0.2) is 21.7 Å². The summed E-state index contributed by atoms with van der Waals surface area (Å²) in [6.07, 6.45) is 6.92. The summed E-state index contributed by atoms with van der Waals surface area (Å²) in [7, 11) is 0. The minimum absolute atomic E-state index is 0.428. The Hall–Kier alpha value is -2.69. The fourth-order valence-electron chi connectivity index (χ4n) is 2.91. The van der Waals surface area contributed by atoms with Crippen molar-refractivity contribution in [1.82, 2.24) is 15.1 Å². The number of nitrogens with zero attached hydrogens (tertiary/aromatic N) is 3. The first kappa shape index (κ1) is 14.6. The van der Waals surface area contributed by atoms with E-state index >= 15 is 0 Å². The number of rotatable bonds is 6. The second-order valence-electron chi connectivity index (χ2n) is 6.93. The van der Waals surface area contributed by atoms with Crippen LogP contribution in [0.15, 0.2) is 47.1 Å². The topological polar surface area (TPSA) is 61.0 Å². The highest BCUT2D eigenvalue weighted by Crippen LogP contribution is 2.45. The van der Waals surface area contributed by atoms with Crippen molar-refractivity contribution in [3.8, 4) is 28.7 Å². The van der Waals surface area contributed by atoms with Crippen molar-refractivity contribution in [1.29, 1.82) is 0 Å². The summed E-state index contributed by atoms with van der Waals surface area (Å²) in [4.78, 5) is 9.04. The molecule has 0 atom stereocenters. The normalized spacial score (nSPS) is 16.8. The van der Waals surface area contributed by atoms with Gasteiger partial charge in [-0.2, -0.15) is 4.98 Å². The van der Waals surface area contributed by atoms with Gasteiger partial charge in [-0.25, -0.2) is 0 Å². The molecule has 5 rings (SSSR count). The SMILES string of the molecule is c1ccc(-c2noc(-c3cc(OCC4CC4)c(C4CC4)cn3)n2)cc1. The molecular weight excluding hydrogens is 314 g/mol. The monoisotopic (exact) mass is 333 g/mol. The van der Waals surface area contributed by atoms with Crippen molar-refractivity contribution in [2.24, 2.45) is 5.92 Å². The van der Waals surface area contributed by atoms with E-state index < -0.39 is 0 Å². The maximum absolute atomic E-state index is 6.09. The first-order valence-electron chi connectivity index (χ1n) is 8.89. The molecule has 0 radical (unpaired) electrons. The molecule has 0 N–H and O–H groups in total. The van der Waals surface area contributed by atoms with Gasteiger partial charge >= 0.3 is 0 Å². The summed E-state index contributed by atoms with van der Waals surface area (Å²) in [6, 6.07) is 11.8. The van der Waals surface area contributed by atoms with Gasteiger partial charge in [-0.05, 0) is 37.5 Å². The number of hydrogen-bond acceptors (Lipinski definition) is 5. The number of aromatic nitrogens is 3. The molecule has 2 fully saturated rings. The molecule has 5 heteroatoms. The average molecular weight is 333 g/mol. The van der Waals surface area contributed by atoms with Gasteiger partial charge in [-0.15, -0.1) is 0 Å². The van der Waals surface area contributed by atoms with Gasteiger partial charge in [-0.3, -0.25) is 4.98 Å². The predicted molar refractivity (Wildman–Crippen MR) is 93.2 cm³/mol. The highest BCUT2D eigenvalue weighted by atomic mass is 16.5. The van der Waals surface area contributed by atoms with Gasteiger partial charge in [0.2, 0.25) is 5.82 Å². The van der Waals surface area contributed by atoms with E-state index in [4.69, 9.17) is 9.26 Å². The van der Waals surface area contributed by atoms with Gasteiger partial charge in [0.25, 0.3) is 5.89 Å². The van der Waals surface area contributed by atoms with Crippen LogP contribution in [0.1, 0.15) is 37.2 Å². The Labute approximate surface area is 146 Å². The molecule has 0 bridgehead atoms. The molecule has 0 saturated heterocycles. The fraction of sp³-hybridized carbons (Fsp3) is 0.350. The molecule has 0 unspecified atom stereocenters. The van der Waals surface area contributed by atoms with Crippen molar-refractivity contribution < 1.29 is 9.26 Å². The second-order valence-corrected chi connectivity index (χ2v) is 6.93. The van der Waals surface area contributed by atoms with Gasteiger partial charge in [0, 0.05) is 23.4 Å². The van der Waals surface area contributed by atoms with Crippen LogP contribution in [0.5, 0.6) is 5.75 Å². The largest absolute Gasteiger partial charge is 0.493 e. The minimum atomic E-state index is 0.428. The smallest absolute Gasteiger partial charge is 0.276 e. The molecule has 25 heavy (non-hydrogen) atoms. The lowest BCUT2D eigenvalue weighted by Gasteiger charge is -2.11. The zero-order valence-electron chi connectivity index (χ0n) is 13.9. The van der Waals surface area contributed by atoms with Gasteiger partial charge in [0.05, 0.1) is 6.61 Å². The lowest BCUT2D eigenvalue weighted by atomic mass is 10.1. The molecule has 2 heterocycles. The van der Waals surface area contributed by atoms with Crippen molar-refractivity contribution in [3.63, 3.8) is 0 Å². The molecule has 3 aromatic rings. The minimum Gasteiger partial charge on any atom is -0.493 e. The molecule has 2 aromatic heterocycles. The first-order chi connectivity index (χ1) is 12.4. The summed E-state index contributed by atoms with van der Waals surface area (Å²) in [5.74, 6) is 3.25. The molecule has 2 aliphatic rings. The van der Waals surface area contributed by atoms with Crippen molar-refractivity contribution >= 4 is 0 Å². The fourth-order valence-corrected chi connectivity index (χ4v) is 2.91. The van der Waals surface area contributed by atoms with E-state index in [1.54, 1.807) is 0 Å². The Kier molecular flexibility index (Phi) is 3.51. The zero-order valence-corrected chi connectivity index (χ0v) is 13.9. The Morgan fingerprint density at radius 3 is 2.68 bits per heavy atom. The lowest BCUT2D eigenvalue weighted by molar-refractivity contribution is 0.296. The second kappa shape index (κ2) is 5.99. The summed E-state index contributed by atoms with van der Waals surface area (Å²) < 4.78 is 11.5. The molecule has 5 nitrogen and oxygen atoms in total. The summed E-state index contributed by atoms with van der Waals surface area (Å²) in [6.45, 7) is 0.794. The van der Waals surface area contributed by atoms with E-state index in [9.17, 15) is 0 Å². The van der Waals surface area contributed by atoms with E-state index in [1.165, 1.54) is 31.2 Å². The van der Waals surface area contributed by atoms with Crippen LogP contribution in [-0.2, 0) is 0 Å². The van der Waals surface area contributed by atoms with Crippen molar-refractivity contribution in [2.75, 3.05) is 6.61 Å². The molecule has 2 aliphatic carbocycles. The van der Waals surface area contributed by atoms with Crippen LogP contribution in [0, 0.1) is 5.92 Å². The van der Waals surface area contributed by atoms with Crippen LogP contribution in [0.3, 0.4) is 0 Å². The van der Waals surface area contributed by atoms with Gasteiger partial charge in [-0.1, -0.05) is 35.5 Å². The molecule has 1 aromatic carbocycles. The molecule has 126 valence electrons. The number of pyridine rings is 1. The lowest BCUT2D eigenvalue weighted by Crippen LogP contribution is -2.02. The Balaban J connectivity index is 1.45. The molecule has 0 aliphatic heterocycles. The van der Waals surface area contributed by atoms with Crippen molar-refractivity contribution in [3.05, 3.63) is 48.2 Å². The van der Waals surface area contributed by atoms with Crippen LogP contribution < -0.4 is 4.74 Å². The first-order valence-corrected chi connectivity index (χ1v) is 8.89. The molecule has 0 spiro atoms. The Morgan fingerprint density at radius 2 is 1.92 bits per heavy atom. The van der Waals surface area contributed by atoms with Gasteiger partial charge < -0.3 is 9.26 Å². The van der Waals surface area contributed by atoms with E-state index in [1.807, 2.05) is 42.6 Å². The number of ether oxygens (including phenoxy) is 1. The summed E-state index contributed by atoms with van der Waals surface area (Å²) >= 11 is 0. The zero-order chi connectivity index (χ0) is 16.6. The number of hydrogen-bond donors (Lipinski definition) is 0. The predicted octanol–water partition coefficient (Wildman–Crippen LogP) is 4.46. The average Bonchev–Trinajstić information content (AvgIpc) is 3.59. The highest BCUT2D eigenvalue weighted by molar-refractivity contribution is 5.59. The third-order valence-electron chi connectivity index (χ3n) is 4.76. The Morgan fingerprint density at radius 1 is 1.08 bits per heavy atom. The quantitative estimate of drug-likeness (QED) is 0.666. The molecule has 0 amide bonds. The third-order valence-corrected chi connectivity index (χ3v) is 4.76. The van der Waals surface area contributed by atoms with E-state index in [0.29, 0.717) is 23.3 Å². The maximum atomic E-state index is 6.09. The van der Waals surface area contributed by atoms with E-state index in [0.717, 1.165) is 23.8 Å². The highest BCUT2D eigenvalue weighted by Gasteiger charge is 2.29. The Bertz CT molecular complexity index is 883. The van der Waals surface area contributed by atoms with Crippen LogP contribution in [0.2, 0.25) is 0 Å².